The molecule has 1 spiro atoms. The smallest absolute Gasteiger partial charge is 0.152 e. The van der Waals surface area contributed by atoms with E-state index in [0.717, 1.165) is 6.42 Å². The molecule has 4 rings (SSSR count). The molecular formula is C20H30O5. The van der Waals surface area contributed by atoms with E-state index in [4.69, 9.17) is 4.74 Å². The van der Waals surface area contributed by atoms with Crippen molar-refractivity contribution in [1.29, 1.82) is 0 Å². The number of ether oxygens (including phenoxy) is 1. The summed E-state index contributed by atoms with van der Waals surface area (Å²) in [7, 11) is 0. The van der Waals surface area contributed by atoms with Gasteiger partial charge in [-0.15, -0.1) is 0 Å². The summed E-state index contributed by atoms with van der Waals surface area (Å²) in [4.78, 5) is 13.9. The van der Waals surface area contributed by atoms with Gasteiger partial charge >= 0.3 is 0 Å². The number of ketones is 1. The molecule has 3 N–H and O–H groups in total. The zero-order valence-corrected chi connectivity index (χ0v) is 15.9. The Morgan fingerprint density at radius 1 is 1.16 bits per heavy atom. The maximum atomic E-state index is 13.9. The van der Waals surface area contributed by atoms with Crippen molar-refractivity contribution in [3.63, 3.8) is 0 Å². The molecule has 0 aromatic heterocycles. The van der Waals surface area contributed by atoms with Gasteiger partial charge in [-0.05, 0) is 43.1 Å². The van der Waals surface area contributed by atoms with Crippen molar-refractivity contribution in [2.45, 2.75) is 77.5 Å². The quantitative estimate of drug-likeness (QED) is 0.454. The summed E-state index contributed by atoms with van der Waals surface area (Å²) in [6.07, 6.45) is -0.529. The molecule has 0 aromatic rings. The van der Waals surface area contributed by atoms with Gasteiger partial charge in [-0.1, -0.05) is 33.8 Å². The molecule has 5 nitrogen and oxygen atoms in total. The van der Waals surface area contributed by atoms with Crippen LogP contribution in [0.3, 0.4) is 0 Å². The van der Waals surface area contributed by atoms with Gasteiger partial charge in [0.15, 0.2) is 5.78 Å². The molecule has 1 saturated heterocycles. The van der Waals surface area contributed by atoms with Gasteiger partial charge in [-0.2, -0.15) is 0 Å². The molecule has 0 aromatic carbocycles. The lowest BCUT2D eigenvalue weighted by molar-refractivity contribution is -0.208. The van der Waals surface area contributed by atoms with E-state index in [1.807, 2.05) is 6.92 Å². The van der Waals surface area contributed by atoms with Gasteiger partial charge in [0.25, 0.3) is 0 Å². The van der Waals surface area contributed by atoms with E-state index < -0.39 is 40.8 Å². The highest BCUT2D eigenvalue weighted by molar-refractivity contribution is 5.94. The van der Waals surface area contributed by atoms with Crippen molar-refractivity contribution in [1.82, 2.24) is 0 Å². The zero-order chi connectivity index (χ0) is 18.7. The fraction of sp³-hybridized carbons (Fsp3) is 0.850. The third-order valence-electron chi connectivity index (χ3n) is 8.36. The van der Waals surface area contributed by atoms with Gasteiger partial charge in [0, 0.05) is 0 Å². The van der Waals surface area contributed by atoms with Crippen LogP contribution in [0.1, 0.15) is 48.0 Å². The second kappa shape index (κ2) is 4.56. The molecule has 1 heterocycles. The summed E-state index contributed by atoms with van der Waals surface area (Å²) in [5, 5.41) is 33.7. The average Bonchev–Trinajstić information content (AvgIpc) is 3.15. The standard InChI is InChI=1S/C20H30O5/c1-9-8-19-11(3)7-10(2)17(4,5)12(14(19)22)15-18(6,25-15)16(23)20(19,24)13(9)21/h8,10-13,15-16,21,23-24H,7H2,1-6H3/t10?,11-,12?,13?,15?,16?,18?,19?,20-/m1/s1. The lowest BCUT2D eigenvalue weighted by atomic mass is 9.59. The van der Waals surface area contributed by atoms with Crippen molar-refractivity contribution < 1.29 is 24.9 Å². The number of carbonyl (C=O) groups is 1. The molecule has 9 atom stereocenters. The van der Waals surface area contributed by atoms with Crippen molar-refractivity contribution in [3.8, 4) is 0 Å². The largest absolute Gasteiger partial charge is 0.387 e. The maximum absolute atomic E-state index is 13.9. The molecule has 0 amide bonds. The monoisotopic (exact) mass is 350 g/mol. The molecule has 3 fully saturated rings. The number of carbonyl (C=O) groups excluding carboxylic acids is 1. The van der Waals surface area contributed by atoms with E-state index in [0.29, 0.717) is 5.57 Å². The Morgan fingerprint density at radius 3 is 2.36 bits per heavy atom. The van der Waals surface area contributed by atoms with E-state index in [1.54, 1.807) is 19.9 Å². The predicted octanol–water partition coefficient (Wildman–Crippen LogP) is 1.44. The Hall–Kier alpha value is -0.750. The molecule has 0 radical (unpaired) electrons. The first-order valence-corrected chi connectivity index (χ1v) is 9.36. The normalized spacial score (nSPS) is 59.4. The number of aliphatic hydroxyl groups excluding tert-OH is 2. The minimum Gasteiger partial charge on any atom is -0.387 e. The van der Waals surface area contributed by atoms with Crippen molar-refractivity contribution in [2.24, 2.45) is 28.6 Å². The molecule has 2 bridgehead atoms. The summed E-state index contributed by atoms with van der Waals surface area (Å²) >= 11 is 0. The van der Waals surface area contributed by atoms with Crippen molar-refractivity contribution >= 4 is 5.78 Å². The Bertz CT molecular complexity index is 684. The number of aliphatic hydroxyl groups is 3. The van der Waals surface area contributed by atoms with Crippen LogP contribution in [0, 0.1) is 28.6 Å². The highest BCUT2D eigenvalue weighted by atomic mass is 16.6. The third-order valence-corrected chi connectivity index (χ3v) is 8.36. The molecule has 5 heteroatoms. The number of Topliss-reactive ketones (excluding diaryl/α,β-unsaturated/α-hetero) is 1. The summed E-state index contributed by atoms with van der Waals surface area (Å²) in [6, 6.07) is 0. The first-order valence-electron chi connectivity index (χ1n) is 9.36. The molecule has 3 aliphatic carbocycles. The number of rotatable bonds is 0. The minimum absolute atomic E-state index is 0.0852. The molecule has 25 heavy (non-hydrogen) atoms. The van der Waals surface area contributed by atoms with Crippen LogP contribution in [0.5, 0.6) is 0 Å². The third kappa shape index (κ3) is 1.63. The highest BCUT2D eigenvalue weighted by Gasteiger charge is 2.82. The SMILES string of the molecule is CC1=CC23C(=O)C(C4OC4(C)C(O)[C@]2(O)C1O)C(C)(C)C(C)C[C@H]3C. The van der Waals surface area contributed by atoms with Gasteiger partial charge in [-0.3, -0.25) is 4.79 Å². The van der Waals surface area contributed by atoms with Gasteiger partial charge in [0.05, 0.1) is 11.3 Å². The average molecular weight is 350 g/mol. The molecule has 1 aliphatic heterocycles. The maximum Gasteiger partial charge on any atom is 0.152 e. The summed E-state index contributed by atoms with van der Waals surface area (Å²) in [5.41, 5.74) is -4.01. The van der Waals surface area contributed by atoms with E-state index in [1.165, 1.54) is 0 Å². The number of hydrogen-bond donors (Lipinski definition) is 3. The fourth-order valence-corrected chi connectivity index (χ4v) is 6.30. The Kier molecular flexibility index (Phi) is 3.22. The van der Waals surface area contributed by atoms with Crippen LogP contribution < -0.4 is 0 Å². The number of fused-ring (bicyclic) bond motifs is 3. The second-order valence-electron chi connectivity index (χ2n) is 9.81. The van der Waals surface area contributed by atoms with Crippen LogP contribution in [-0.4, -0.2) is 50.6 Å². The predicted molar refractivity (Wildman–Crippen MR) is 91.7 cm³/mol. The zero-order valence-electron chi connectivity index (χ0n) is 15.9. The van der Waals surface area contributed by atoms with Crippen LogP contribution in [-0.2, 0) is 9.53 Å². The topological polar surface area (TPSA) is 90.3 Å². The van der Waals surface area contributed by atoms with E-state index >= 15 is 0 Å². The molecule has 2 saturated carbocycles. The van der Waals surface area contributed by atoms with Crippen LogP contribution >= 0.6 is 0 Å². The summed E-state index contributed by atoms with van der Waals surface area (Å²) < 4.78 is 5.88. The van der Waals surface area contributed by atoms with E-state index in [2.05, 4.69) is 20.8 Å². The minimum atomic E-state index is -1.95. The molecule has 4 aliphatic rings. The first kappa shape index (κ1) is 17.7. The molecule has 140 valence electrons. The second-order valence-corrected chi connectivity index (χ2v) is 9.81. The fourth-order valence-electron chi connectivity index (χ4n) is 6.30. The van der Waals surface area contributed by atoms with Crippen molar-refractivity contribution in [2.75, 3.05) is 0 Å². The van der Waals surface area contributed by atoms with Crippen LogP contribution in [0.25, 0.3) is 0 Å². The van der Waals surface area contributed by atoms with Gasteiger partial charge in [0.1, 0.15) is 29.5 Å². The first-order chi connectivity index (χ1) is 11.4. The van der Waals surface area contributed by atoms with Crippen LogP contribution in [0.4, 0.5) is 0 Å². The van der Waals surface area contributed by atoms with Gasteiger partial charge in [0.2, 0.25) is 0 Å². The molecule has 7 unspecified atom stereocenters. The Morgan fingerprint density at radius 2 is 1.76 bits per heavy atom. The Balaban J connectivity index is 2.05. The highest BCUT2D eigenvalue weighted by Crippen LogP contribution is 2.68. The lowest BCUT2D eigenvalue weighted by Crippen LogP contribution is -2.67. The van der Waals surface area contributed by atoms with E-state index in [-0.39, 0.29) is 23.0 Å². The van der Waals surface area contributed by atoms with Gasteiger partial charge < -0.3 is 20.1 Å². The van der Waals surface area contributed by atoms with Crippen LogP contribution in [0.2, 0.25) is 0 Å². The Labute approximate surface area is 149 Å². The lowest BCUT2D eigenvalue weighted by Gasteiger charge is -2.48. The molecular weight excluding hydrogens is 320 g/mol. The number of hydrogen-bond acceptors (Lipinski definition) is 5. The van der Waals surface area contributed by atoms with Crippen molar-refractivity contribution in [3.05, 3.63) is 11.6 Å². The van der Waals surface area contributed by atoms with E-state index in [9.17, 15) is 20.1 Å². The number of epoxide rings is 1. The van der Waals surface area contributed by atoms with Gasteiger partial charge in [-0.25, -0.2) is 0 Å². The summed E-state index contributed by atoms with van der Waals surface area (Å²) in [6.45, 7) is 11.8. The van der Waals surface area contributed by atoms with Crippen LogP contribution in [0.15, 0.2) is 11.6 Å². The summed E-state index contributed by atoms with van der Waals surface area (Å²) in [5.74, 6) is -0.448.